The second-order valence-corrected chi connectivity index (χ2v) is 7.73. The van der Waals surface area contributed by atoms with Crippen LogP contribution in [0.4, 0.5) is 0 Å². The van der Waals surface area contributed by atoms with E-state index in [0.717, 1.165) is 64.0 Å². The van der Waals surface area contributed by atoms with Crippen LogP contribution in [0.1, 0.15) is 37.8 Å². The fourth-order valence-electron chi connectivity index (χ4n) is 4.14. The number of aromatic nitrogens is 1. The minimum Gasteiger partial charge on any atom is -0.371 e. The highest BCUT2D eigenvalue weighted by Crippen LogP contribution is 2.39. The third kappa shape index (κ3) is 3.33. The van der Waals surface area contributed by atoms with Gasteiger partial charge in [0.15, 0.2) is 0 Å². The van der Waals surface area contributed by atoms with E-state index in [1.807, 2.05) is 18.3 Å². The molecule has 2 aliphatic heterocycles. The lowest BCUT2D eigenvalue weighted by Gasteiger charge is -2.40. The molecule has 1 amide bonds. The minimum absolute atomic E-state index is 0.119. The van der Waals surface area contributed by atoms with Crippen molar-refractivity contribution < 1.29 is 9.53 Å². The lowest BCUT2D eigenvalue weighted by molar-refractivity contribution is -0.140. The van der Waals surface area contributed by atoms with Crippen molar-refractivity contribution >= 4 is 5.91 Å². The van der Waals surface area contributed by atoms with E-state index >= 15 is 0 Å². The molecule has 130 valence electrons. The van der Waals surface area contributed by atoms with E-state index in [0.29, 0.717) is 17.9 Å². The summed E-state index contributed by atoms with van der Waals surface area (Å²) < 4.78 is 6.28. The molecule has 5 nitrogen and oxygen atoms in total. The van der Waals surface area contributed by atoms with Gasteiger partial charge in [0.2, 0.25) is 5.91 Å². The number of carbonyl (C=O) groups excluding carboxylic acids is 1. The Labute approximate surface area is 144 Å². The number of likely N-dealkylation sites (N-methyl/N-ethyl adjacent to an activating group) is 1. The van der Waals surface area contributed by atoms with Gasteiger partial charge in [0.1, 0.15) is 0 Å². The van der Waals surface area contributed by atoms with Gasteiger partial charge in [-0.15, -0.1) is 0 Å². The molecule has 2 unspecified atom stereocenters. The Hall–Kier alpha value is -1.46. The summed E-state index contributed by atoms with van der Waals surface area (Å²) in [5.41, 5.74) is 0.974. The lowest BCUT2D eigenvalue weighted by atomic mass is 9.88. The van der Waals surface area contributed by atoms with Gasteiger partial charge in [-0.3, -0.25) is 14.7 Å². The molecule has 0 aromatic carbocycles. The van der Waals surface area contributed by atoms with Gasteiger partial charge in [-0.1, -0.05) is 6.07 Å². The second-order valence-electron chi connectivity index (χ2n) is 7.73. The summed E-state index contributed by atoms with van der Waals surface area (Å²) in [4.78, 5) is 21.2. The molecule has 2 atom stereocenters. The third-order valence-electron chi connectivity index (χ3n) is 5.73. The van der Waals surface area contributed by atoms with E-state index in [4.69, 9.17) is 4.74 Å². The van der Waals surface area contributed by atoms with Gasteiger partial charge < -0.3 is 9.64 Å². The Morgan fingerprint density at radius 1 is 1.46 bits per heavy atom. The maximum atomic E-state index is 12.4. The highest BCUT2D eigenvalue weighted by atomic mass is 16.5. The Bertz CT molecular complexity index is 590. The number of amides is 1. The predicted molar refractivity (Wildman–Crippen MR) is 91.3 cm³/mol. The fourth-order valence-corrected chi connectivity index (χ4v) is 4.14. The number of rotatable bonds is 4. The molecule has 2 saturated heterocycles. The number of hydrogen-bond acceptors (Lipinski definition) is 4. The number of piperidine rings is 1. The van der Waals surface area contributed by atoms with Gasteiger partial charge >= 0.3 is 0 Å². The van der Waals surface area contributed by atoms with Gasteiger partial charge in [0.25, 0.3) is 0 Å². The highest BCUT2D eigenvalue weighted by Gasteiger charge is 2.47. The Kier molecular flexibility index (Phi) is 4.31. The molecule has 1 aromatic rings. The van der Waals surface area contributed by atoms with Crippen molar-refractivity contribution in [3.05, 3.63) is 30.1 Å². The van der Waals surface area contributed by atoms with Crippen molar-refractivity contribution in [3.63, 3.8) is 0 Å². The van der Waals surface area contributed by atoms with Crippen LogP contribution in [-0.4, -0.2) is 59.1 Å². The van der Waals surface area contributed by atoms with E-state index in [2.05, 4.69) is 27.9 Å². The average Bonchev–Trinajstić information content (AvgIpc) is 3.38. The van der Waals surface area contributed by atoms with Crippen LogP contribution in [-0.2, 0) is 16.1 Å². The van der Waals surface area contributed by atoms with Crippen LogP contribution in [0.5, 0.6) is 0 Å². The van der Waals surface area contributed by atoms with Gasteiger partial charge in [0.05, 0.1) is 17.9 Å². The predicted octanol–water partition coefficient (Wildman–Crippen LogP) is 2.07. The topological polar surface area (TPSA) is 45.7 Å². The second kappa shape index (κ2) is 6.45. The summed E-state index contributed by atoms with van der Waals surface area (Å²) in [7, 11) is 2.15. The van der Waals surface area contributed by atoms with Crippen molar-refractivity contribution in [2.24, 2.45) is 5.92 Å². The lowest BCUT2D eigenvalue weighted by Crippen LogP contribution is -2.51. The zero-order valence-electron chi connectivity index (χ0n) is 14.5. The van der Waals surface area contributed by atoms with Crippen LogP contribution in [0, 0.1) is 5.92 Å². The van der Waals surface area contributed by atoms with Crippen molar-refractivity contribution in [1.29, 1.82) is 0 Å². The molecule has 24 heavy (non-hydrogen) atoms. The number of nitrogens with zero attached hydrogens (tertiary/aromatic N) is 3. The normalized spacial score (nSPS) is 30.2. The fraction of sp³-hybridized carbons (Fsp3) is 0.684. The van der Waals surface area contributed by atoms with Crippen molar-refractivity contribution in [2.75, 3.05) is 26.7 Å². The summed E-state index contributed by atoms with van der Waals surface area (Å²) in [6.07, 6.45) is 7.17. The van der Waals surface area contributed by atoms with Crippen LogP contribution in [0.15, 0.2) is 24.4 Å². The van der Waals surface area contributed by atoms with Crippen LogP contribution in [0.2, 0.25) is 0 Å². The van der Waals surface area contributed by atoms with Crippen LogP contribution in [0.25, 0.3) is 0 Å². The molecular weight excluding hydrogens is 302 g/mol. The monoisotopic (exact) mass is 329 g/mol. The van der Waals surface area contributed by atoms with E-state index in [1.54, 1.807) is 0 Å². The molecule has 1 aliphatic carbocycles. The molecule has 3 fully saturated rings. The van der Waals surface area contributed by atoms with Crippen molar-refractivity contribution in [2.45, 2.75) is 50.3 Å². The SMILES string of the molecule is CN(Cc1ccccn1)C1COC2(CCCN(C(=O)C3CC3)C2)C1. The van der Waals surface area contributed by atoms with E-state index in [1.165, 1.54) is 0 Å². The first kappa shape index (κ1) is 16.0. The summed E-state index contributed by atoms with van der Waals surface area (Å²) in [6, 6.07) is 6.46. The largest absolute Gasteiger partial charge is 0.371 e. The van der Waals surface area contributed by atoms with Crippen LogP contribution < -0.4 is 0 Å². The molecule has 3 heterocycles. The van der Waals surface area contributed by atoms with E-state index in [9.17, 15) is 4.79 Å². The number of hydrogen-bond donors (Lipinski definition) is 0. The molecule has 1 saturated carbocycles. The summed E-state index contributed by atoms with van der Waals surface area (Å²) in [5.74, 6) is 0.673. The molecule has 0 N–H and O–H groups in total. The maximum Gasteiger partial charge on any atom is 0.225 e. The maximum absolute atomic E-state index is 12.4. The standard InChI is InChI=1S/C19H27N3O2/c1-21(12-16-5-2-3-9-20-16)17-11-19(24-13-17)8-4-10-22(14-19)18(23)15-6-7-15/h2-3,5,9,15,17H,4,6-8,10-14H2,1H3. The third-order valence-corrected chi connectivity index (χ3v) is 5.73. The van der Waals surface area contributed by atoms with Crippen molar-refractivity contribution in [3.8, 4) is 0 Å². The Balaban J connectivity index is 1.37. The van der Waals surface area contributed by atoms with Gasteiger partial charge in [-0.25, -0.2) is 0 Å². The smallest absolute Gasteiger partial charge is 0.225 e. The Morgan fingerprint density at radius 3 is 3.08 bits per heavy atom. The van der Waals surface area contributed by atoms with E-state index in [-0.39, 0.29) is 5.60 Å². The molecule has 0 radical (unpaired) electrons. The van der Waals surface area contributed by atoms with Gasteiger partial charge in [-0.2, -0.15) is 0 Å². The molecular formula is C19H27N3O2. The van der Waals surface area contributed by atoms with Gasteiger partial charge in [0, 0.05) is 37.8 Å². The minimum atomic E-state index is -0.119. The molecule has 1 spiro atoms. The van der Waals surface area contributed by atoms with Crippen LogP contribution >= 0.6 is 0 Å². The summed E-state index contributed by atoms with van der Waals surface area (Å²) >= 11 is 0. The molecule has 0 bridgehead atoms. The van der Waals surface area contributed by atoms with E-state index < -0.39 is 0 Å². The summed E-state index contributed by atoms with van der Waals surface area (Å²) in [5, 5.41) is 0. The molecule has 4 rings (SSSR count). The highest BCUT2D eigenvalue weighted by molar-refractivity contribution is 5.81. The average molecular weight is 329 g/mol. The first-order valence-corrected chi connectivity index (χ1v) is 9.18. The number of carbonyl (C=O) groups is 1. The number of pyridine rings is 1. The van der Waals surface area contributed by atoms with Gasteiger partial charge in [-0.05, 0) is 51.3 Å². The first-order valence-electron chi connectivity index (χ1n) is 9.18. The number of ether oxygens (including phenoxy) is 1. The Morgan fingerprint density at radius 2 is 2.33 bits per heavy atom. The zero-order valence-corrected chi connectivity index (χ0v) is 14.5. The molecule has 1 aromatic heterocycles. The van der Waals surface area contributed by atoms with Crippen LogP contribution in [0.3, 0.4) is 0 Å². The van der Waals surface area contributed by atoms with Crippen molar-refractivity contribution in [1.82, 2.24) is 14.8 Å². The summed E-state index contributed by atoms with van der Waals surface area (Å²) in [6.45, 7) is 3.30. The zero-order chi connectivity index (χ0) is 16.6. The molecule has 5 heteroatoms. The quantitative estimate of drug-likeness (QED) is 0.848. The molecule has 3 aliphatic rings. The first-order chi connectivity index (χ1) is 11.7. The number of likely N-dealkylation sites (tertiary alicyclic amines) is 1.